The van der Waals surface area contributed by atoms with Gasteiger partial charge in [-0.25, -0.2) is 4.79 Å². The van der Waals surface area contributed by atoms with E-state index in [0.29, 0.717) is 13.2 Å². The number of carbonyl (C=O) groups is 2. The van der Waals surface area contributed by atoms with E-state index in [9.17, 15) is 14.5 Å². The van der Waals surface area contributed by atoms with Crippen LogP contribution in [0.4, 0.5) is 4.79 Å². The zero-order chi connectivity index (χ0) is 16.2. The van der Waals surface area contributed by atoms with Gasteiger partial charge in [0.2, 0.25) is 0 Å². The van der Waals surface area contributed by atoms with Crippen LogP contribution in [0, 0.1) is 4.91 Å². The summed E-state index contributed by atoms with van der Waals surface area (Å²) in [6.45, 7) is 0.804. The number of benzene rings is 1. The van der Waals surface area contributed by atoms with Gasteiger partial charge in [0.05, 0.1) is 19.8 Å². The zero-order valence-electron chi connectivity index (χ0n) is 11.5. The van der Waals surface area contributed by atoms with Crippen molar-refractivity contribution >= 4 is 12.1 Å². The molecule has 0 aliphatic rings. The summed E-state index contributed by atoms with van der Waals surface area (Å²) in [6, 6.07) is 5.30. The van der Waals surface area contributed by atoms with Crippen LogP contribution in [-0.4, -0.2) is 38.4 Å². The molecule has 0 unspecified atom stereocenters. The van der Waals surface area contributed by atoms with Gasteiger partial charge in [0, 0.05) is 10.7 Å². The first kappa shape index (κ1) is 17.2. The first-order chi connectivity index (χ1) is 10.7. The summed E-state index contributed by atoms with van der Waals surface area (Å²) in [5, 5.41) is 8.80. The lowest BCUT2D eigenvalue weighted by Gasteiger charge is -2.06. The van der Waals surface area contributed by atoms with Crippen molar-refractivity contribution in [1.82, 2.24) is 0 Å². The molecule has 118 valence electrons. The van der Waals surface area contributed by atoms with Crippen LogP contribution < -0.4 is 10.6 Å². The number of hydrogen-bond acceptors (Lipinski definition) is 8. The molecule has 1 amide bonds. The fourth-order valence-electron chi connectivity index (χ4n) is 1.29. The lowest BCUT2D eigenvalue weighted by atomic mass is 10.2. The Labute approximate surface area is 125 Å². The molecule has 0 bridgehead atoms. The van der Waals surface area contributed by atoms with E-state index in [1.807, 2.05) is 0 Å². The SMILES string of the molecule is NN=NCCOCCOC(=O)Oc1ccc(C(=O)N=O)cc1. The van der Waals surface area contributed by atoms with Gasteiger partial charge in [-0.05, 0) is 24.3 Å². The lowest BCUT2D eigenvalue weighted by molar-refractivity contribution is 0.0542. The summed E-state index contributed by atoms with van der Waals surface area (Å²) in [4.78, 5) is 32.4. The highest BCUT2D eigenvalue weighted by Gasteiger charge is 2.08. The quantitative estimate of drug-likeness (QED) is 0.146. The molecule has 0 spiro atoms. The Morgan fingerprint density at radius 1 is 1.09 bits per heavy atom. The third-order valence-corrected chi connectivity index (χ3v) is 2.25. The Morgan fingerprint density at radius 2 is 1.82 bits per heavy atom. The van der Waals surface area contributed by atoms with Crippen molar-refractivity contribution in [1.29, 1.82) is 0 Å². The third kappa shape index (κ3) is 6.52. The molecule has 0 aromatic heterocycles. The van der Waals surface area contributed by atoms with Crippen LogP contribution in [0.3, 0.4) is 0 Å². The largest absolute Gasteiger partial charge is 0.513 e. The molecule has 0 heterocycles. The summed E-state index contributed by atoms with van der Waals surface area (Å²) in [6.07, 6.45) is -0.919. The Kier molecular flexibility index (Phi) is 7.76. The van der Waals surface area contributed by atoms with Crippen molar-refractivity contribution in [2.24, 2.45) is 21.4 Å². The number of nitrogens with zero attached hydrogens (tertiary/aromatic N) is 3. The van der Waals surface area contributed by atoms with Gasteiger partial charge in [-0.3, -0.25) is 4.79 Å². The molecule has 0 atom stereocenters. The van der Waals surface area contributed by atoms with Crippen molar-refractivity contribution < 1.29 is 23.8 Å². The Balaban J connectivity index is 2.24. The first-order valence-corrected chi connectivity index (χ1v) is 6.14. The minimum Gasteiger partial charge on any atom is -0.432 e. The normalized spacial score (nSPS) is 10.4. The van der Waals surface area contributed by atoms with E-state index in [1.54, 1.807) is 0 Å². The van der Waals surface area contributed by atoms with Gasteiger partial charge in [0.25, 0.3) is 0 Å². The number of rotatable bonds is 8. The Hall–Kier alpha value is -2.88. The van der Waals surface area contributed by atoms with Crippen molar-refractivity contribution in [3.8, 4) is 5.75 Å². The second-order valence-corrected chi connectivity index (χ2v) is 3.71. The van der Waals surface area contributed by atoms with Crippen LogP contribution in [0.15, 0.2) is 39.8 Å². The fourth-order valence-corrected chi connectivity index (χ4v) is 1.29. The van der Waals surface area contributed by atoms with Crippen molar-refractivity contribution in [2.45, 2.75) is 0 Å². The molecule has 22 heavy (non-hydrogen) atoms. The van der Waals surface area contributed by atoms with Crippen molar-refractivity contribution in [2.75, 3.05) is 26.4 Å². The van der Waals surface area contributed by atoms with Gasteiger partial charge < -0.3 is 20.1 Å². The van der Waals surface area contributed by atoms with Crippen LogP contribution >= 0.6 is 0 Å². The molecular formula is C12H14N4O6. The molecule has 1 aromatic rings. The smallest absolute Gasteiger partial charge is 0.432 e. The summed E-state index contributed by atoms with van der Waals surface area (Å²) in [5.74, 6) is 4.06. The molecular weight excluding hydrogens is 296 g/mol. The standard InChI is InChI=1S/C12H14N4O6/c13-16-14-5-6-20-7-8-21-12(18)22-10-3-1-9(2-4-10)11(17)15-19/h1-4H,5-8H2,(H2,13,14). The summed E-state index contributed by atoms with van der Waals surface area (Å²) >= 11 is 0. The van der Waals surface area contributed by atoms with Gasteiger partial charge >= 0.3 is 12.1 Å². The molecule has 1 rings (SSSR count). The number of nitrogens with two attached hydrogens (primary N) is 1. The number of ether oxygens (including phenoxy) is 3. The number of amides is 1. The minimum absolute atomic E-state index is 0.00420. The second-order valence-electron chi connectivity index (χ2n) is 3.71. The van der Waals surface area contributed by atoms with Crippen LogP contribution in [0.2, 0.25) is 0 Å². The van der Waals surface area contributed by atoms with Crippen LogP contribution in [0.25, 0.3) is 0 Å². The maximum Gasteiger partial charge on any atom is 0.513 e. The van der Waals surface area contributed by atoms with Crippen LogP contribution in [0.5, 0.6) is 5.75 Å². The lowest BCUT2D eigenvalue weighted by Crippen LogP contribution is -2.15. The van der Waals surface area contributed by atoms with E-state index in [2.05, 4.69) is 15.5 Å². The van der Waals surface area contributed by atoms with Crippen LogP contribution in [0.1, 0.15) is 10.4 Å². The van der Waals surface area contributed by atoms with E-state index in [4.69, 9.17) is 20.1 Å². The molecule has 0 saturated carbocycles. The summed E-state index contributed by atoms with van der Waals surface area (Å²) < 4.78 is 14.7. The predicted molar refractivity (Wildman–Crippen MR) is 73.3 cm³/mol. The van der Waals surface area contributed by atoms with E-state index >= 15 is 0 Å². The van der Waals surface area contributed by atoms with E-state index < -0.39 is 12.1 Å². The number of carbonyl (C=O) groups excluding carboxylic acids is 2. The monoisotopic (exact) mass is 310 g/mol. The minimum atomic E-state index is -0.919. The fraction of sp³-hybridized carbons (Fsp3) is 0.333. The second kappa shape index (κ2) is 9.94. The Morgan fingerprint density at radius 3 is 2.45 bits per heavy atom. The van der Waals surface area contributed by atoms with Gasteiger partial charge in [0.1, 0.15) is 12.4 Å². The molecule has 0 radical (unpaired) electrons. The molecule has 10 nitrogen and oxygen atoms in total. The number of nitroso groups, excluding NO2 is 1. The van der Waals surface area contributed by atoms with Gasteiger partial charge in [-0.2, -0.15) is 5.11 Å². The third-order valence-electron chi connectivity index (χ3n) is 2.25. The number of hydrogen-bond donors (Lipinski definition) is 1. The van der Waals surface area contributed by atoms with Gasteiger partial charge in [-0.1, -0.05) is 5.22 Å². The predicted octanol–water partition coefficient (Wildman–Crippen LogP) is 1.45. The summed E-state index contributed by atoms with van der Waals surface area (Å²) in [5.41, 5.74) is 0.0961. The van der Waals surface area contributed by atoms with Crippen molar-refractivity contribution in [3.63, 3.8) is 0 Å². The molecule has 1 aromatic carbocycles. The first-order valence-electron chi connectivity index (χ1n) is 6.14. The maximum absolute atomic E-state index is 11.3. The molecule has 0 aliphatic heterocycles. The maximum atomic E-state index is 11.3. The van der Waals surface area contributed by atoms with Gasteiger partial charge in [-0.15, -0.1) is 4.91 Å². The van der Waals surface area contributed by atoms with E-state index in [-0.39, 0.29) is 24.5 Å². The van der Waals surface area contributed by atoms with E-state index in [1.165, 1.54) is 24.3 Å². The van der Waals surface area contributed by atoms with Crippen LogP contribution in [-0.2, 0) is 9.47 Å². The molecule has 0 aliphatic carbocycles. The molecule has 0 fully saturated rings. The Bertz CT molecular complexity index is 531. The highest BCUT2D eigenvalue weighted by molar-refractivity contribution is 5.94. The summed E-state index contributed by atoms with van der Waals surface area (Å²) in [7, 11) is 0. The highest BCUT2D eigenvalue weighted by atomic mass is 16.7. The topological polar surface area (TPSA) is 142 Å². The average Bonchev–Trinajstić information content (AvgIpc) is 2.54. The molecule has 10 heteroatoms. The van der Waals surface area contributed by atoms with Gasteiger partial charge in [0.15, 0.2) is 0 Å². The van der Waals surface area contributed by atoms with E-state index in [0.717, 1.165) is 0 Å². The molecule has 2 N–H and O–H groups in total. The van der Waals surface area contributed by atoms with Crippen molar-refractivity contribution in [3.05, 3.63) is 34.7 Å². The molecule has 0 saturated heterocycles. The highest BCUT2D eigenvalue weighted by Crippen LogP contribution is 2.13. The zero-order valence-corrected chi connectivity index (χ0v) is 11.5. The average molecular weight is 310 g/mol.